The molecule has 6 nitrogen and oxygen atoms in total. The summed E-state index contributed by atoms with van der Waals surface area (Å²) in [7, 11) is 0. The lowest BCUT2D eigenvalue weighted by Gasteiger charge is -2.15. The summed E-state index contributed by atoms with van der Waals surface area (Å²) in [6.45, 7) is 7.27. The lowest BCUT2D eigenvalue weighted by molar-refractivity contribution is -0.115. The summed E-state index contributed by atoms with van der Waals surface area (Å²) in [4.78, 5) is 41.8. The van der Waals surface area contributed by atoms with Crippen LogP contribution in [0.3, 0.4) is 0 Å². The van der Waals surface area contributed by atoms with Crippen LogP contribution in [0.1, 0.15) is 24.2 Å². The van der Waals surface area contributed by atoms with Crippen LogP contribution < -0.4 is 10.9 Å². The van der Waals surface area contributed by atoms with E-state index in [1.54, 1.807) is 43.3 Å². The van der Waals surface area contributed by atoms with Gasteiger partial charge in [0.1, 0.15) is 4.83 Å². The maximum absolute atomic E-state index is 12.7. The first-order chi connectivity index (χ1) is 13.4. The second-order valence-electron chi connectivity index (χ2n) is 6.12. The summed E-state index contributed by atoms with van der Waals surface area (Å²) in [5, 5.41) is 5.22. The zero-order valence-electron chi connectivity index (χ0n) is 15.5. The molecule has 0 aliphatic rings. The highest BCUT2D eigenvalue weighted by atomic mass is 32.2. The third-order valence-electron chi connectivity index (χ3n) is 4.07. The number of Topliss-reactive ketones (excluding diaryl/α,β-unsaturated/α-hetero) is 1. The fraction of sp³-hybridized carbons (Fsp3) is 0.200. The summed E-state index contributed by atoms with van der Waals surface area (Å²) in [5.74, 6) is -0.247. The van der Waals surface area contributed by atoms with Crippen LogP contribution in [0.4, 0.5) is 5.69 Å². The van der Waals surface area contributed by atoms with Gasteiger partial charge in [-0.25, -0.2) is 4.98 Å². The van der Waals surface area contributed by atoms with Crippen molar-refractivity contribution in [2.75, 3.05) is 5.32 Å². The SMILES string of the molecule is C=CCn1c(SC(C)C(=O)Nc2ccc(C(C)=O)cc2)nc2sccc2c1=O. The number of hydrogen-bond acceptors (Lipinski definition) is 6. The normalized spacial score (nSPS) is 11.9. The second-order valence-corrected chi connectivity index (χ2v) is 8.32. The van der Waals surface area contributed by atoms with E-state index in [9.17, 15) is 14.4 Å². The lowest BCUT2D eigenvalue weighted by Crippen LogP contribution is -2.26. The summed E-state index contributed by atoms with van der Waals surface area (Å²) in [5.41, 5.74) is 1.05. The molecule has 0 bridgehead atoms. The average Bonchev–Trinajstić information content (AvgIpc) is 3.14. The number of hydrogen-bond donors (Lipinski definition) is 1. The van der Waals surface area contributed by atoms with Gasteiger partial charge in [0.05, 0.1) is 10.6 Å². The first-order valence-electron chi connectivity index (χ1n) is 8.58. The van der Waals surface area contributed by atoms with Gasteiger partial charge in [-0.05, 0) is 49.6 Å². The number of ketones is 1. The topological polar surface area (TPSA) is 81.1 Å². The minimum absolute atomic E-state index is 0.0305. The third kappa shape index (κ3) is 4.23. The van der Waals surface area contributed by atoms with Crippen molar-refractivity contribution < 1.29 is 9.59 Å². The number of nitrogens with zero attached hydrogens (tertiary/aromatic N) is 2. The van der Waals surface area contributed by atoms with Gasteiger partial charge in [0, 0.05) is 17.8 Å². The Morgan fingerprint density at radius 1 is 1.32 bits per heavy atom. The van der Waals surface area contributed by atoms with Crippen molar-refractivity contribution in [3.63, 3.8) is 0 Å². The Bertz CT molecular complexity index is 1100. The Balaban J connectivity index is 1.79. The Hall–Kier alpha value is -2.71. The number of thiophene rings is 1. The quantitative estimate of drug-likeness (QED) is 0.274. The predicted molar refractivity (Wildman–Crippen MR) is 114 cm³/mol. The number of nitrogens with one attached hydrogen (secondary N) is 1. The number of aromatic nitrogens is 2. The maximum Gasteiger partial charge on any atom is 0.263 e. The van der Waals surface area contributed by atoms with E-state index in [1.807, 2.05) is 5.38 Å². The van der Waals surface area contributed by atoms with E-state index >= 15 is 0 Å². The van der Waals surface area contributed by atoms with Crippen LogP contribution in [-0.2, 0) is 11.3 Å². The van der Waals surface area contributed by atoms with Crippen molar-refractivity contribution in [3.05, 3.63) is 64.3 Å². The van der Waals surface area contributed by atoms with Crippen molar-refractivity contribution in [2.24, 2.45) is 0 Å². The van der Waals surface area contributed by atoms with Crippen LogP contribution in [0.2, 0.25) is 0 Å². The van der Waals surface area contributed by atoms with Crippen LogP contribution in [-0.4, -0.2) is 26.5 Å². The molecule has 0 fully saturated rings. The van der Waals surface area contributed by atoms with Crippen LogP contribution in [0.25, 0.3) is 10.2 Å². The molecule has 1 aromatic carbocycles. The number of allylic oxidation sites excluding steroid dienone is 1. The smallest absolute Gasteiger partial charge is 0.263 e. The predicted octanol–water partition coefficient (Wildman–Crippen LogP) is 3.97. The number of carbonyl (C=O) groups excluding carboxylic acids is 2. The standard InChI is InChI=1S/C20H19N3O3S2/c1-4-10-23-19(26)16-9-11-27-18(16)22-20(23)28-13(3)17(25)21-15-7-5-14(6-8-15)12(2)24/h4-9,11,13H,1,10H2,2-3H3,(H,21,25). The average molecular weight is 414 g/mol. The first kappa shape index (κ1) is 20.0. The monoisotopic (exact) mass is 413 g/mol. The maximum atomic E-state index is 12.7. The van der Waals surface area contributed by atoms with Gasteiger partial charge in [-0.3, -0.25) is 19.0 Å². The molecule has 0 aliphatic carbocycles. The number of rotatable bonds is 7. The van der Waals surface area contributed by atoms with Gasteiger partial charge in [-0.15, -0.1) is 17.9 Å². The van der Waals surface area contributed by atoms with Crippen molar-refractivity contribution >= 4 is 50.7 Å². The van der Waals surface area contributed by atoms with Gasteiger partial charge in [-0.2, -0.15) is 0 Å². The fourth-order valence-electron chi connectivity index (χ4n) is 2.55. The van der Waals surface area contributed by atoms with E-state index in [0.717, 1.165) is 0 Å². The molecule has 2 aromatic heterocycles. The fourth-order valence-corrected chi connectivity index (χ4v) is 4.28. The Morgan fingerprint density at radius 3 is 2.68 bits per heavy atom. The minimum Gasteiger partial charge on any atom is -0.325 e. The number of thioether (sulfide) groups is 1. The second kappa shape index (κ2) is 8.53. The van der Waals surface area contributed by atoms with E-state index in [1.165, 1.54) is 34.6 Å². The van der Waals surface area contributed by atoms with E-state index in [2.05, 4.69) is 16.9 Å². The van der Waals surface area contributed by atoms with Crippen LogP contribution in [0.15, 0.2) is 58.3 Å². The van der Waals surface area contributed by atoms with E-state index in [4.69, 9.17) is 0 Å². The zero-order valence-corrected chi connectivity index (χ0v) is 17.1. The highest BCUT2D eigenvalue weighted by molar-refractivity contribution is 8.00. The van der Waals surface area contributed by atoms with Crippen LogP contribution >= 0.6 is 23.1 Å². The van der Waals surface area contributed by atoms with Crippen molar-refractivity contribution in [3.8, 4) is 0 Å². The molecule has 1 unspecified atom stereocenters. The number of anilines is 1. The third-order valence-corrected chi connectivity index (χ3v) is 5.97. The Labute approximate surface area is 170 Å². The molecule has 0 saturated carbocycles. The van der Waals surface area contributed by atoms with Crippen molar-refractivity contribution in [1.29, 1.82) is 0 Å². The number of carbonyl (C=O) groups is 2. The van der Waals surface area contributed by atoms with Gasteiger partial charge >= 0.3 is 0 Å². The zero-order chi connectivity index (χ0) is 20.3. The van der Waals surface area contributed by atoms with Crippen molar-refractivity contribution in [1.82, 2.24) is 9.55 Å². The summed E-state index contributed by atoms with van der Waals surface area (Å²) in [6.07, 6.45) is 1.63. The van der Waals surface area contributed by atoms with Gasteiger partial charge in [0.15, 0.2) is 10.9 Å². The molecule has 0 spiro atoms. The molecule has 3 rings (SSSR count). The molecule has 1 atom stereocenters. The molecule has 144 valence electrons. The Morgan fingerprint density at radius 2 is 2.04 bits per heavy atom. The molecular formula is C20H19N3O3S2. The molecule has 1 N–H and O–H groups in total. The molecule has 28 heavy (non-hydrogen) atoms. The molecule has 3 aromatic rings. The van der Waals surface area contributed by atoms with Gasteiger partial charge in [0.25, 0.3) is 5.56 Å². The minimum atomic E-state index is -0.479. The number of amides is 1. The van der Waals surface area contributed by atoms with Gasteiger partial charge in [0.2, 0.25) is 5.91 Å². The van der Waals surface area contributed by atoms with Gasteiger partial charge < -0.3 is 5.32 Å². The number of fused-ring (bicyclic) bond motifs is 1. The molecule has 0 aliphatic heterocycles. The molecule has 8 heteroatoms. The molecule has 2 heterocycles. The molecule has 0 radical (unpaired) electrons. The molecule has 1 amide bonds. The summed E-state index contributed by atoms with van der Waals surface area (Å²) >= 11 is 2.62. The highest BCUT2D eigenvalue weighted by Crippen LogP contribution is 2.25. The number of benzene rings is 1. The lowest BCUT2D eigenvalue weighted by atomic mass is 10.1. The largest absolute Gasteiger partial charge is 0.325 e. The van der Waals surface area contributed by atoms with E-state index < -0.39 is 5.25 Å². The summed E-state index contributed by atoms with van der Waals surface area (Å²) in [6, 6.07) is 8.48. The van der Waals surface area contributed by atoms with E-state index in [0.29, 0.717) is 33.2 Å². The van der Waals surface area contributed by atoms with E-state index in [-0.39, 0.29) is 17.2 Å². The first-order valence-corrected chi connectivity index (χ1v) is 10.3. The van der Waals surface area contributed by atoms with Crippen LogP contribution in [0.5, 0.6) is 0 Å². The van der Waals surface area contributed by atoms with Gasteiger partial charge in [-0.1, -0.05) is 17.8 Å². The van der Waals surface area contributed by atoms with Crippen LogP contribution in [0, 0.1) is 0 Å². The molecular weight excluding hydrogens is 394 g/mol. The molecule has 0 saturated heterocycles. The summed E-state index contributed by atoms with van der Waals surface area (Å²) < 4.78 is 1.53. The highest BCUT2D eigenvalue weighted by Gasteiger charge is 2.19. The van der Waals surface area contributed by atoms with Crippen molar-refractivity contribution in [2.45, 2.75) is 30.8 Å². The Kier molecular flexibility index (Phi) is 6.11.